The number of thiophene rings is 1. The van der Waals surface area contributed by atoms with Gasteiger partial charge in [-0.05, 0) is 18.9 Å². The van der Waals surface area contributed by atoms with Crippen LogP contribution in [0.4, 0.5) is 0 Å². The molecule has 1 aromatic heterocycles. The van der Waals surface area contributed by atoms with E-state index in [1.54, 1.807) is 0 Å². The minimum atomic E-state index is -3.78. The van der Waals surface area contributed by atoms with Gasteiger partial charge in [-0.15, -0.1) is 11.3 Å². The zero-order valence-corrected chi connectivity index (χ0v) is 11.2. The van der Waals surface area contributed by atoms with E-state index in [-0.39, 0.29) is 9.77 Å². The molecule has 0 atom stereocenters. The summed E-state index contributed by atoms with van der Waals surface area (Å²) in [7, 11) is 1.43. The van der Waals surface area contributed by atoms with Crippen LogP contribution in [0.15, 0.2) is 9.59 Å². The minimum Gasteiger partial charge on any atom is -0.462 e. The molecule has 7 heteroatoms. The molecule has 4 nitrogen and oxygen atoms in total. The highest BCUT2D eigenvalue weighted by Crippen LogP contribution is 2.29. The molecule has 0 radical (unpaired) electrons. The van der Waals surface area contributed by atoms with Crippen molar-refractivity contribution in [3.63, 3.8) is 0 Å². The molecule has 0 unspecified atom stereocenters. The van der Waals surface area contributed by atoms with E-state index in [1.165, 1.54) is 12.3 Å². The largest absolute Gasteiger partial charge is 0.462 e. The van der Waals surface area contributed by atoms with Crippen LogP contribution < -0.4 is 0 Å². The number of carbonyl (C=O) groups is 1. The quantitative estimate of drug-likeness (QED) is 0.629. The Morgan fingerprint density at radius 3 is 2.62 bits per heavy atom. The van der Waals surface area contributed by atoms with Crippen molar-refractivity contribution < 1.29 is 17.9 Å². The molecule has 1 heterocycles. The molecule has 1 rings (SSSR count). The zero-order chi connectivity index (χ0) is 12.3. The van der Waals surface area contributed by atoms with Crippen LogP contribution >= 0.6 is 22.0 Å². The highest BCUT2D eigenvalue weighted by molar-refractivity contribution is 8.15. The van der Waals surface area contributed by atoms with Crippen LogP contribution in [-0.2, 0) is 13.8 Å². The second-order valence-corrected chi connectivity index (χ2v) is 6.78. The van der Waals surface area contributed by atoms with Gasteiger partial charge in [-0.1, -0.05) is 6.92 Å². The summed E-state index contributed by atoms with van der Waals surface area (Å²) in [4.78, 5) is 11.5. The maximum absolute atomic E-state index is 11.5. The van der Waals surface area contributed by atoms with Crippen LogP contribution in [0.3, 0.4) is 0 Å². The van der Waals surface area contributed by atoms with E-state index < -0.39 is 15.0 Å². The van der Waals surface area contributed by atoms with Gasteiger partial charge in [0.2, 0.25) is 0 Å². The van der Waals surface area contributed by atoms with Crippen LogP contribution in [0.25, 0.3) is 0 Å². The summed E-state index contributed by atoms with van der Waals surface area (Å²) in [6.07, 6.45) is 0.718. The molecule has 0 aromatic carbocycles. The Kier molecular flexibility index (Phi) is 4.35. The summed E-state index contributed by atoms with van der Waals surface area (Å²) >= 11 is 0.924. The SMILES string of the molecule is CCCOC(=O)c1csc(S(=O)(=O)Cl)c1C. The van der Waals surface area contributed by atoms with Gasteiger partial charge in [-0.2, -0.15) is 0 Å². The summed E-state index contributed by atoms with van der Waals surface area (Å²) in [5.74, 6) is -0.512. The van der Waals surface area contributed by atoms with Crippen molar-refractivity contribution >= 4 is 37.0 Å². The van der Waals surface area contributed by atoms with E-state index in [9.17, 15) is 13.2 Å². The van der Waals surface area contributed by atoms with Gasteiger partial charge in [0, 0.05) is 16.1 Å². The summed E-state index contributed by atoms with van der Waals surface area (Å²) in [6.45, 7) is 3.73. The number of hydrogen-bond donors (Lipinski definition) is 0. The fourth-order valence-electron chi connectivity index (χ4n) is 1.11. The van der Waals surface area contributed by atoms with Crippen molar-refractivity contribution in [2.75, 3.05) is 6.61 Å². The molecule has 0 amide bonds. The third-order valence-corrected chi connectivity index (χ3v) is 5.18. The molecule has 0 bridgehead atoms. The van der Waals surface area contributed by atoms with Crippen molar-refractivity contribution in [2.45, 2.75) is 24.5 Å². The molecule has 0 N–H and O–H groups in total. The van der Waals surface area contributed by atoms with Gasteiger partial charge in [0.25, 0.3) is 9.05 Å². The first-order valence-electron chi connectivity index (χ1n) is 4.57. The Bertz CT molecular complexity index is 490. The van der Waals surface area contributed by atoms with Gasteiger partial charge >= 0.3 is 5.97 Å². The number of rotatable bonds is 4. The number of halogens is 1. The Morgan fingerprint density at radius 1 is 1.56 bits per heavy atom. The average Bonchev–Trinajstić information content (AvgIpc) is 2.56. The molecule has 0 saturated heterocycles. The number of ether oxygens (including phenoxy) is 1. The molecule has 0 aliphatic carbocycles. The number of esters is 1. The molecule has 0 aliphatic heterocycles. The normalized spacial score (nSPS) is 11.4. The van der Waals surface area contributed by atoms with Crippen molar-refractivity contribution in [3.05, 3.63) is 16.5 Å². The summed E-state index contributed by atoms with van der Waals surface area (Å²) in [6, 6.07) is 0. The number of carbonyl (C=O) groups excluding carboxylic acids is 1. The first-order chi connectivity index (χ1) is 7.38. The number of hydrogen-bond acceptors (Lipinski definition) is 5. The Hall–Kier alpha value is -0.590. The van der Waals surface area contributed by atoms with Crippen LogP contribution in [0.2, 0.25) is 0 Å². The van der Waals surface area contributed by atoms with Crippen LogP contribution in [0, 0.1) is 6.92 Å². The topological polar surface area (TPSA) is 60.4 Å². The summed E-state index contributed by atoms with van der Waals surface area (Å²) < 4.78 is 27.2. The van der Waals surface area contributed by atoms with E-state index in [4.69, 9.17) is 15.4 Å². The third-order valence-electron chi connectivity index (χ3n) is 1.87. The second-order valence-electron chi connectivity index (χ2n) is 3.14. The van der Waals surface area contributed by atoms with E-state index in [0.717, 1.165) is 17.8 Å². The average molecular weight is 283 g/mol. The molecule has 0 fully saturated rings. The standard InChI is InChI=1S/C9H11ClO4S2/c1-3-4-14-8(11)7-5-15-9(6(7)2)16(10,12)13/h5H,3-4H2,1-2H3. The van der Waals surface area contributed by atoms with Crippen molar-refractivity contribution in [1.82, 2.24) is 0 Å². The zero-order valence-electron chi connectivity index (χ0n) is 8.82. The molecule has 0 saturated carbocycles. The van der Waals surface area contributed by atoms with Crippen LogP contribution in [0.5, 0.6) is 0 Å². The molecule has 1 aromatic rings. The molecular formula is C9H11ClO4S2. The van der Waals surface area contributed by atoms with Crippen LogP contribution in [-0.4, -0.2) is 21.0 Å². The lowest BCUT2D eigenvalue weighted by molar-refractivity contribution is 0.0505. The Balaban J connectivity index is 3.01. The predicted octanol–water partition coefficient (Wildman–Crippen LogP) is 2.55. The van der Waals surface area contributed by atoms with Gasteiger partial charge < -0.3 is 4.74 Å². The lowest BCUT2D eigenvalue weighted by Gasteiger charge is -2.02. The van der Waals surface area contributed by atoms with Crippen molar-refractivity contribution in [2.24, 2.45) is 0 Å². The van der Waals surface area contributed by atoms with Crippen molar-refractivity contribution in [3.8, 4) is 0 Å². The van der Waals surface area contributed by atoms with Gasteiger partial charge in [0.15, 0.2) is 0 Å². The smallest absolute Gasteiger partial charge is 0.339 e. The van der Waals surface area contributed by atoms with E-state index in [1.807, 2.05) is 6.92 Å². The molecule has 90 valence electrons. The highest BCUT2D eigenvalue weighted by atomic mass is 35.7. The van der Waals surface area contributed by atoms with E-state index >= 15 is 0 Å². The molecule has 0 aliphatic rings. The summed E-state index contributed by atoms with van der Waals surface area (Å²) in [5, 5.41) is 1.45. The van der Waals surface area contributed by atoms with Gasteiger partial charge in [-0.25, -0.2) is 13.2 Å². The molecule has 0 spiro atoms. The van der Waals surface area contributed by atoms with E-state index in [2.05, 4.69) is 0 Å². The molecular weight excluding hydrogens is 272 g/mol. The second kappa shape index (κ2) is 5.16. The van der Waals surface area contributed by atoms with Crippen LogP contribution in [0.1, 0.15) is 29.3 Å². The first kappa shape index (κ1) is 13.5. The van der Waals surface area contributed by atoms with Gasteiger partial charge in [0.05, 0.1) is 12.2 Å². The minimum absolute atomic E-state index is 0.00221. The summed E-state index contributed by atoms with van der Waals surface area (Å²) in [5.41, 5.74) is 0.610. The lowest BCUT2D eigenvalue weighted by Crippen LogP contribution is -2.06. The molecule has 16 heavy (non-hydrogen) atoms. The highest BCUT2D eigenvalue weighted by Gasteiger charge is 2.22. The Morgan fingerprint density at radius 2 is 2.19 bits per heavy atom. The van der Waals surface area contributed by atoms with Crippen molar-refractivity contribution in [1.29, 1.82) is 0 Å². The maximum atomic E-state index is 11.5. The Labute approximate surface area is 103 Å². The maximum Gasteiger partial charge on any atom is 0.339 e. The first-order valence-corrected chi connectivity index (χ1v) is 7.76. The fourth-order valence-corrected chi connectivity index (χ4v) is 3.65. The third kappa shape index (κ3) is 2.96. The van der Waals surface area contributed by atoms with E-state index in [0.29, 0.717) is 12.2 Å². The predicted molar refractivity (Wildman–Crippen MR) is 62.7 cm³/mol. The van der Waals surface area contributed by atoms with Gasteiger partial charge in [0.1, 0.15) is 4.21 Å². The lowest BCUT2D eigenvalue weighted by atomic mass is 10.2. The fraction of sp³-hybridized carbons (Fsp3) is 0.444. The van der Waals surface area contributed by atoms with Gasteiger partial charge in [-0.3, -0.25) is 0 Å². The monoisotopic (exact) mass is 282 g/mol.